The number of rotatable bonds is 9. The quantitative estimate of drug-likeness (QED) is 0.376. The second kappa shape index (κ2) is 10.8. The largest absolute Gasteiger partial charge is 0.351 e. The Labute approximate surface area is 197 Å². The van der Waals surface area contributed by atoms with Gasteiger partial charge in [0.1, 0.15) is 0 Å². The normalized spacial score (nSPS) is 16.2. The Kier molecular flexibility index (Phi) is 7.63. The Hall–Kier alpha value is -2.61. The predicted octanol–water partition coefficient (Wildman–Crippen LogP) is 4.27. The van der Waals surface area contributed by atoms with Crippen LogP contribution < -0.4 is 5.32 Å². The van der Waals surface area contributed by atoms with Gasteiger partial charge in [-0.3, -0.25) is 14.3 Å². The highest BCUT2D eigenvalue weighted by molar-refractivity contribution is 7.99. The number of hydrogen-bond donors (Lipinski definition) is 1. The fraction of sp³-hybridized carbons (Fsp3) is 0.292. The van der Waals surface area contributed by atoms with Crippen molar-refractivity contribution in [3.8, 4) is 11.4 Å². The van der Waals surface area contributed by atoms with Crippen molar-refractivity contribution in [2.24, 2.45) is 0 Å². The van der Waals surface area contributed by atoms with Crippen LogP contribution in [0, 0.1) is 0 Å². The smallest absolute Gasteiger partial charge is 0.230 e. The summed E-state index contributed by atoms with van der Waals surface area (Å²) in [6.07, 6.45) is 2.77. The molecule has 1 fully saturated rings. The first kappa shape index (κ1) is 22.6. The molecule has 0 bridgehead atoms. The molecule has 32 heavy (non-hydrogen) atoms. The van der Waals surface area contributed by atoms with Crippen LogP contribution in [0.1, 0.15) is 12.0 Å². The average molecular weight is 468 g/mol. The Bertz CT molecular complexity index is 1050. The molecule has 6 nitrogen and oxygen atoms in total. The van der Waals surface area contributed by atoms with E-state index in [0.29, 0.717) is 22.5 Å². The Morgan fingerprint density at radius 2 is 1.97 bits per heavy atom. The Morgan fingerprint density at radius 3 is 2.72 bits per heavy atom. The summed E-state index contributed by atoms with van der Waals surface area (Å²) < 4.78 is 1.96. The van der Waals surface area contributed by atoms with Gasteiger partial charge in [-0.15, -0.1) is 16.8 Å². The molecule has 0 saturated carbocycles. The molecule has 8 heteroatoms. The van der Waals surface area contributed by atoms with Crippen molar-refractivity contribution in [3.05, 3.63) is 77.8 Å². The van der Waals surface area contributed by atoms with E-state index in [2.05, 4.69) is 51.3 Å². The molecule has 2 aromatic carbocycles. The lowest BCUT2D eigenvalue weighted by molar-refractivity contribution is -0.119. The van der Waals surface area contributed by atoms with Crippen LogP contribution in [0.3, 0.4) is 0 Å². The number of hydrogen-bond acceptors (Lipinski definition) is 5. The third-order valence-electron chi connectivity index (χ3n) is 5.35. The van der Waals surface area contributed by atoms with Crippen LogP contribution in [0.2, 0.25) is 5.02 Å². The van der Waals surface area contributed by atoms with Gasteiger partial charge in [0, 0.05) is 42.8 Å². The van der Waals surface area contributed by atoms with E-state index in [0.717, 1.165) is 37.4 Å². The number of nitrogens with zero attached hydrogens (tertiary/aromatic N) is 4. The minimum absolute atomic E-state index is 0.0164. The first-order chi connectivity index (χ1) is 15.6. The van der Waals surface area contributed by atoms with E-state index >= 15 is 0 Å². The molecule has 1 amide bonds. The second-order valence-corrected chi connectivity index (χ2v) is 9.15. The van der Waals surface area contributed by atoms with Crippen LogP contribution in [0.5, 0.6) is 0 Å². The minimum Gasteiger partial charge on any atom is -0.351 e. The first-order valence-corrected chi connectivity index (χ1v) is 12.0. The molecule has 0 radical (unpaired) electrons. The van der Waals surface area contributed by atoms with Crippen LogP contribution in [0.25, 0.3) is 11.4 Å². The summed E-state index contributed by atoms with van der Waals surface area (Å²) in [5, 5.41) is 13.2. The van der Waals surface area contributed by atoms with Crippen LogP contribution in [-0.2, 0) is 17.9 Å². The molecule has 1 aliphatic rings. The average Bonchev–Trinajstić information content (AvgIpc) is 3.40. The monoisotopic (exact) mass is 467 g/mol. The molecular formula is C24H26ClN5OS. The fourth-order valence-electron chi connectivity index (χ4n) is 3.84. The van der Waals surface area contributed by atoms with E-state index in [1.807, 2.05) is 34.9 Å². The number of aromatic nitrogens is 3. The number of amides is 1. The summed E-state index contributed by atoms with van der Waals surface area (Å²) in [5.41, 5.74) is 2.22. The summed E-state index contributed by atoms with van der Waals surface area (Å²) in [6.45, 7) is 7.18. The molecule has 2 heterocycles. The fourth-order valence-corrected chi connectivity index (χ4v) is 4.72. The van der Waals surface area contributed by atoms with Crippen molar-refractivity contribution in [2.75, 3.05) is 18.8 Å². The lowest BCUT2D eigenvalue weighted by Crippen LogP contribution is -2.38. The van der Waals surface area contributed by atoms with Crippen LogP contribution in [-0.4, -0.2) is 50.5 Å². The van der Waals surface area contributed by atoms with E-state index in [1.165, 1.54) is 17.3 Å². The zero-order valence-corrected chi connectivity index (χ0v) is 19.4. The van der Waals surface area contributed by atoms with E-state index in [4.69, 9.17) is 11.6 Å². The number of carbonyl (C=O) groups is 1. The molecule has 0 aliphatic carbocycles. The van der Waals surface area contributed by atoms with Gasteiger partial charge in [-0.25, -0.2) is 0 Å². The molecule has 1 N–H and O–H groups in total. The molecule has 1 aliphatic heterocycles. The number of nitrogens with one attached hydrogen (secondary N) is 1. The zero-order chi connectivity index (χ0) is 22.3. The number of halogens is 1. The van der Waals surface area contributed by atoms with Gasteiger partial charge in [-0.05, 0) is 36.2 Å². The number of carbonyl (C=O) groups excluding carboxylic acids is 1. The third kappa shape index (κ3) is 5.79. The molecule has 0 unspecified atom stereocenters. The lowest BCUT2D eigenvalue weighted by atomic mass is 10.2. The molecule has 3 aromatic rings. The van der Waals surface area contributed by atoms with Gasteiger partial charge < -0.3 is 5.32 Å². The highest BCUT2D eigenvalue weighted by Crippen LogP contribution is 2.25. The van der Waals surface area contributed by atoms with Crippen molar-refractivity contribution in [1.29, 1.82) is 0 Å². The Balaban J connectivity index is 1.31. The molecule has 4 rings (SSSR count). The maximum atomic E-state index is 12.6. The van der Waals surface area contributed by atoms with Gasteiger partial charge in [0.05, 0.1) is 5.75 Å². The highest BCUT2D eigenvalue weighted by Gasteiger charge is 2.24. The van der Waals surface area contributed by atoms with Crippen molar-refractivity contribution in [2.45, 2.75) is 30.7 Å². The van der Waals surface area contributed by atoms with Crippen molar-refractivity contribution in [1.82, 2.24) is 25.0 Å². The molecule has 1 atom stereocenters. The summed E-state index contributed by atoms with van der Waals surface area (Å²) >= 11 is 7.39. The van der Waals surface area contributed by atoms with Gasteiger partial charge in [-0.2, -0.15) is 0 Å². The minimum atomic E-state index is 0.0164. The number of benzene rings is 2. The summed E-state index contributed by atoms with van der Waals surface area (Å²) in [6, 6.07) is 18.1. The van der Waals surface area contributed by atoms with Gasteiger partial charge >= 0.3 is 0 Å². The summed E-state index contributed by atoms with van der Waals surface area (Å²) in [7, 11) is 0. The van der Waals surface area contributed by atoms with Gasteiger partial charge in [0.2, 0.25) is 5.91 Å². The van der Waals surface area contributed by atoms with Gasteiger partial charge in [0.15, 0.2) is 11.0 Å². The van der Waals surface area contributed by atoms with Gasteiger partial charge in [-0.1, -0.05) is 59.8 Å². The van der Waals surface area contributed by atoms with Crippen LogP contribution >= 0.6 is 23.4 Å². The number of thioether (sulfide) groups is 1. The lowest BCUT2D eigenvalue weighted by Gasteiger charge is -2.16. The second-order valence-electron chi connectivity index (χ2n) is 7.77. The third-order valence-corrected chi connectivity index (χ3v) is 6.57. The van der Waals surface area contributed by atoms with Crippen LogP contribution in [0.15, 0.2) is 72.4 Å². The summed E-state index contributed by atoms with van der Waals surface area (Å²) in [5.74, 6) is 1.05. The van der Waals surface area contributed by atoms with E-state index in [9.17, 15) is 4.79 Å². The van der Waals surface area contributed by atoms with E-state index in [1.54, 1.807) is 6.08 Å². The molecular weight excluding hydrogens is 442 g/mol. The topological polar surface area (TPSA) is 63.1 Å². The Morgan fingerprint density at radius 1 is 1.19 bits per heavy atom. The predicted molar refractivity (Wildman–Crippen MR) is 130 cm³/mol. The molecule has 1 saturated heterocycles. The molecule has 1 aromatic heterocycles. The number of likely N-dealkylation sites (tertiary alicyclic amines) is 1. The van der Waals surface area contributed by atoms with Crippen LogP contribution in [0.4, 0.5) is 0 Å². The zero-order valence-electron chi connectivity index (χ0n) is 17.8. The van der Waals surface area contributed by atoms with E-state index < -0.39 is 0 Å². The van der Waals surface area contributed by atoms with Crippen molar-refractivity contribution in [3.63, 3.8) is 0 Å². The SMILES string of the molecule is C=CCn1c(SCC(=O)N[C@H]2CCN(Cc3ccccc3)C2)nnc1-c1ccc(Cl)cc1. The van der Waals surface area contributed by atoms with Gasteiger partial charge in [0.25, 0.3) is 0 Å². The number of allylic oxidation sites excluding steroid dienone is 1. The molecule has 166 valence electrons. The van der Waals surface area contributed by atoms with E-state index in [-0.39, 0.29) is 11.9 Å². The maximum absolute atomic E-state index is 12.6. The summed E-state index contributed by atoms with van der Waals surface area (Å²) in [4.78, 5) is 15.0. The maximum Gasteiger partial charge on any atom is 0.230 e. The highest BCUT2D eigenvalue weighted by atomic mass is 35.5. The first-order valence-electron chi connectivity index (χ1n) is 10.6. The molecule has 0 spiro atoms. The van der Waals surface area contributed by atoms with Crippen molar-refractivity contribution < 1.29 is 4.79 Å². The van der Waals surface area contributed by atoms with Crippen molar-refractivity contribution >= 4 is 29.3 Å². The standard InChI is InChI=1S/C24H26ClN5OS/c1-2-13-30-23(19-8-10-20(25)11-9-19)27-28-24(30)32-17-22(31)26-21-12-14-29(16-21)15-18-6-4-3-5-7-18/h2-11,21H,1,12-17H2,(H,26,31)/t21-/m0/s1.